The van der Waals surface area contributed by atoms with Gasteiger partial charge in [-0.05, 0) is 12.1 Å². The predicted molar refractivity (Wildman–Crippen MR) is 67.8 cm³/mol. The number of aromatic nitrogens is 3. The number of carboxylic acid groups (broad SMARTS) is 1. The van der Waals surface area contributed by atoms with E-state index in [1.54, 1.807) is 18.5 Å². The van der Waals surface area contributed by atoms with Gasteiger partial charge in [0, 0.05) is 11.9 Å². The Bertz CT molecular complexity index is 562. The van der Waals surface area contributed by atoms with Gasteiger partial charge in [-0.1, -0.05) is 23.4 Å². The van der Waals surface area contributed by atoms with Gasteiger partial charge in [0.1, 0.15) is 10.2 Å². The van der Waals surface area contributed by atoms with Crippen LogP contribution in [-0.4, -0.2) is 26.0 Å². The van der Waals surface area contributed by atoms with Gasteiger partial charge in [0.25, 0.3) is 0 Å². The van der Waals surface area contributed by atoms with Crippen LogP contribution in [0.3, 0.4) is 0 Å². The minimum atomic E-state index is -0.993. The summed E-state index contributed by atoms with van der Waals surface area (Å²) in [6, 6.07) is 3.11. The number of halogens is 1. The van der Waals surface area contributed by atoms with Crippen molar-refractivity contribution in [2.45, 2.75) is 10.8 Å². The number of pyridine rings is 1. The Hall–Kier alpha value is -1.66. The molecule has 0 bridgehead atoms. The second kappa shape index (κ2) is 5.79. The molecule has 0 fully saturated rings. The summed E-state index contributed by atoms with van der Waals surface area (Å²) in [5, 5.41) is 9.79. The summed E-state index contributed by atoms with van der Waals surface area (Å²) in [7, 11) is 0. The number of carbonyl (C=O) groups is 1. The van der Waals surface area contributed by atoms with Crippen LogP contribution in [0, 0.1) is 0 Å². The zero-order valence-corrected chi connectivity index (χ0v) is 10.6. The molecule has 92 valence electrons. The zero-order valence-electron chi connectivity index (χ0n) is 9.08. The highest BCUT2D eigenvalue weighted by molar-refractivity contribution is 7.98. The van der Waals surface area contributed by atoms with Crippen LogP contribution in [0.25, 0.3) is 0 Å². The molecule has 1 N–H and O–H groups in total. The lowest BCUT2D eigenvalue weighted by Crippen LogP contribution is -2.00. The van der Waals surface area contributed by atoms with Crippen molar-refractivity contribution in [3.05, 3.63) is 47.1 Å². The highest BCUT2D eigenvalue weighted by Crippen LogP contribution is 2.23. The average Bonchev–Trinajstić information content (AvgIpc) is 2.38. The minimum Gasteiger partial charge on any atom is -0.478 e. The van der Waals surface area contributed by atoms with Gasteiger partial charge in [-0.2, -0.15) is 0 Å². The van der Waals surface area contributed by atoms with E-state index in [4.69, 9.17) is 16.7 Å². The summed E-state index contributed by atoms with van der Waals surface area (Å²) in [5.74, 6) is -0.505. The first-order valence-electron chi connectivity index (χ1n) is 4.94. The fourth-order valence-electron chi connectivity index (χ4n) is 1.22. The SMILES string of the molecule is O=C(O)c1cccnc1SCc1cnc(Cl)cn1. The molecule has 0 spiro atoms. The molecule has 2 aromatic rings. The molecule has 0 radical (unpaired) electrons. The third-order valence-corrected chi connectivity index (χ3v) is 3.27. The van der Waals surface area contributed by atoms with E-state index in [1.807, 2.05) is 0 Å². The maximum Gasteiger partial charge on any atom is 0.338 e. The summed E-state index contributed by atoms with van der Waals surface area (Å²) in [6.45, 7) is 0. The third-order valence-electron chi connectivity index (χ3n) is 2.03. The molecular formula is C11H8ClN3O2S. The van der Waals surface area contributed by atoms with Crippen molar-refractivity contribution >= 4 is 29.3 Å². The Morgan fingerprint density at radius 1 is 1.33 bits per heavy atom. The first-order valence-corrected chi connectivity index (χ1v) is 6.30. The van der Waals surface area contributed by atoms with E-state index in [0.717, 1.165) is 0 Å². The Morgan fingerprint density at radius 3 is 2.83 bits per heavy atom. The molecule has 2 rings (SSSR count). The van der Waals surface area contributed by atoms with Gasteiger partial charge >= 0.3 is 5.97 Å². The Balaban J connectivity index is 2.10. The van der Waals surface area contributed by atoms with Gasteiger partial charge in [0.15, 0.2) is 0 Å². The number of hydrogen-bond acceptors (Lipinski definition) is 5. The molecule has 2 heterocycles. The monoisotopic (exact) mass is 281 g/mol. The molecular weight excluding hydrogens is 274 g/mol. The highest BCUT2D eigenvalue weighted by Gasteiger charge is 2.11. The molecule has 18 heavy (non-hydrogen) atoms. The lowest BCUT2D eigenvalue weighted by molar-refractivity contribution is 0.0692. The predicted octanol–water partition coefficient (Wildman–Crippen LogP) is 2.52. The molecule has 0 aliphatic carbocycles. The molecule has 5 nitrogen and oxygen atoms in total. The van der Waals surface area contributed by atoms with E-state index in [1.165, 1.54) is 24.0 Å². The number of hydrogen-bond donors (Lipinski definition) is 1. The second-order valence-electron chi connectivity index (χ2n) is 3.28. The Morgan fingerprint density at radius 2 is 2.17 bits per heavy atom. The molecule has 0 aliphatic rings. The van der Waals surface area contributed by atoms with E-state index < -0.39 is 5.97 Å². The molecule has 0 atom stereocenters. The normalized spacial score (nSPS) is 10.3. The van der Waals surface area contributed by atoms with Gasteiger partial charge in [-0.3, -0.25) is 4.98 Å². The molecule has 0 unspecified atom stereocenters. The summed E-state index contributed by atoms with van der Waals surface area (Å²) >= 11 is 6.92. The number of aromatic carboxylic acids is 1. The van der Waals surface area contributed by atoms with Crippen molar-refractivity contribution in [3.8, 4) is 0 Å². The molecule has 0 saturated carbocycles. The van der Waals surface area contributed by atoms with Crippen LogP contribution < -0.4 is 0 Å². The van der Waals surface area contributed by atoms with E-state index in [9.17, 15) is 4.79 Å². The number of thioether (sulfide) groups is 1. The van der Waals surface area contributed by atoms with Crippen molar-refractivity contribution in [1.29, 1.82) is 0 Å². The van der Waals surface area contributed by atoms with Crippen LogP contribution in [0.4, 0.5) is 0 Å². The smallest absolute Gasteiger partial charge is 0.338 e. The van der Waals surface area contributed by atoms with Crippen molar-refractivity contribution in [2.24, 2.45) is 0 Å². The van der Waals surface area contributed by atoms with Crippen molar-refractivity contribution in [1.82, 2.24) is 15.0 Å². The van der Waals surface area contributed by atoms with Crippen LogP contribution in [-0.2, 0) is 5.75 Å². The van der Waals surface area contributed by atoms with E-state index in [0.29, 0.717) is 21.6 Å². The first-order chi connectivity index (χ1) is 8.66. The Kier molecular flexibility index (Phi) is 4.11. The summed E-state index contributed by atoms with van der Waals surface area (Å²) in [6.07, 6.45) is 4.56. The summed E-state index contributed by atoms with van der Waals surface area (Å²) in [4.78, 5) is 23.0. The van der Waals surface area contributed by atoms with Gasteiger partial charge in [0.2, 0.25) is 0 Å². The van der Waals surface area contributed by atoms with Crippen molar-refractivity contribution in [3.63, 3.8) is 0 Å². The van der Waals surface area contributed by atoms with E-state index in [-0.39, 0.29) is 5.56 Å². The summed E-state index contributed by atoms with van der Waals surface area (Å²) in [5.41, 5.74) is 0.899. The second-order valence-corrected chi connectivity index (χ2v) is 4.63. The molecule has 0 amide bonds. The van der Waals surface area contributed by atoms with Gasteiger partial charge < -0.3 is 5.11 Å². The van der Waals surface area contributed by atoms with Gasteiger partial charge in [0.05, 0.1) is 23.7 Å². The van der Waals surface area contributed by atoms with Crippen LogP contribution in [0.2, 0.25) is 5.15 Å². The maximum atomic E-state index is 11.0. The molecule has 0 saturated heterocycles. The third kappa shape index (κ3) is 3.18. The van der Waals surface area contributed by atoms with Gasteiger partial charge in [-0.15, -0.1) is 0 Å². The topological polar surface area (TPSA) is 76.0 Å². The molecule has 0 aliphatic heterocycles. The lowest BCUT2D eigenvalue weighted by Gasteiger charge is -2.03. The fourth-order valence-corrected chi connectivity index (χ4v) is 2.20. The largest absolute Gasteiger partial charge is 0.478 e. The van der Waals surface area contributed by atoms with Crippen molar-refractivity contribution in [2.75, 3.05) is 0 Å². The number of carboxylic acids is 1. The van der Waals surface area contributed by atoms with Crippen LogP contribution in [0.5, 0.6) is 0 Å². The van der Waals surface area contributed by atoms with E-state index >= 15 is 0 Å². The lowest BCUT2D eigenvalue weighted by atomic mass is 10.3. The number of rotatable bonds is 4. The fraction of sp³-hybridized carbons (Fsp3) is 0.0909. The average molecular weight is 282 g/mol. The number of nitrogens with zero attached hydrogens (tertiary/aromatic N) is 3. The Labute approximate surface area is 112 Å². The standard InChI is InChI=1S/C11H8ClN3O2S/c12-9-5-14-7(4-15-9)6-18-10-8(11(16)17)2-1-3-13-10/h1-5H,6H2,(H,16,17). The zero-order chi connectivity index (χ0) is 13.0. The maximum absolute atomic E-state index is 11.0. The minimum absolute atomic E-state index is 0.185. The quantitative estimate of drug-likeness (QED) is 0.868. The van der Waals surface area contributed by atoms with E-state index in [2.05, 4.69) is 15.0 Å². The first kappa shape index (κ1) is 12.8. The molecule has 7 heteroatoms. The molecule has 2 aromatic heterocycles. The van der Waals surface area contributed by atoms with Crippen LogP contribution in [0.1, 0.15) is 16.1 Å². The molecule has 0 aromatic carbocycles. The summed E-state index contributed by atoms with van der Waals surface area (Å²) < 4.78 is 0. The van der Waals surface area contributed by atoms with Crippen LogP contribution >= 0.6 is 23.4 Å². The van der Waals surface area contributed by atoms with Crippen molar-refractivity contribution < 1.29 is 9.90 Å². The highest BCUT2D eigenvalue weighted by atomic mass is 35.5. The van der Waals surface area contributed by atoms with Gasteiger partial charge in [-0.25, -0.2) is 14.8 Å². The van der Waals surface area contributed by atoms with Crippen LogP contribution in [0.15, 0.2) is 35.7 Å².